The van der Waals surface area contributed by atoms with E-state index < -0.39 is 0 Å². The van der Waals surface area contributed by atoms with Crippen LogP contribution in [0.1, 0.15) is 31.2 Å². The molecule has 1 fully saturated rings. The molecular weight excluding hydrogens is 318 g/mol. The topological polar surface area (TPSA) is 45.2 Å². The molecule has 2 aromatic rings. The average Bonchev–Trinajstić information content (AvgIpc) is 3.30. The van der Waals surface area contributed by atoms with Gasteiger partial charge in [-0.1, -0.05) is 30.3 Å². The van der Waals surface area contributed by atoms with Crippen molar-refractivity contribution in [1.82, 2.24) is 15.2 Å². The molecule has 3 rings (SSSR count). The Morgan fingerprint density at radius 2 is 2.04 bits per heavy atom. The molecule has 4 nitrogen and oxygen atoms in total. The maximum Gasteiger partial charge on any atom is 0.220 e. The lowest BCUT2D eigenvalue weighted by atomic mass is 10.2. The fourth-order valence-electron chi connectivity index (χ4n) is 3.05. The summed E-state index contributed by atoms with van der Waals surface area (Å²) in [6.45, 7) is 5.27. The van der Waals surface area contributed by atoms with Gasteiger partial charge < -0.3 is 5.32 Å². The molecule has 1 N–H and O–H groups in total. The lowest BCUT2D eigenvalue weighted by Gasteiger charge is -2.23. The second kappa shape index (κ2) is 8.40. The van der Waals surface area contributed by atoms with Gasteiger partial charge >= 0.3 is 0 Å². The standard InChI is InChI=1S/C19H25N3OS/c1-15(22-11-5-6-12-22)13-20-18(23)9-10-19-21-17(14-24-19)16-7-3-2-4-8-16/h2-4,7-8,14-15H,5-6,9-13H2,1H3,(H,20,23). The van der Waals surface area contributed by atoms with Gasteiger partial charge in [-0.25, -0.2) is 4.98 Å². The minimum atomic E-state index is 0.123. The number of carbonyl (C=O) groups excluding carboxylic acids is 1. The number of nitrogens with zero attached hydrogens (tertiary/aromatic N) is 2. The van der Waals surface area contributed by atoms with Gasteiger partial charge in [-0.15, -0.1) is 11.3 Å². The Kier molecular flexibility index (Phi) is 5.99. The summed E-state index contributed by atoms with van der Waals surface area (Å²) < 4.78 is 0. The number of hydrogen-bond acceptors (Lipinski definition) is 4. The number of carbonyl (C=O) groups is 1. The summed E-state index contributed by atoms with van der Waals surface area (Å²) in [5, 5.41) is 6.16. The van der Waals surface area contributed by atoms with Gasteiger partial charge in [0.15, 0.2) is 0 Å². The monoisotopic (exact) mass is 343 g/mol. The SMILES string of the molecule is CC(CNC(=O)CCc1nc(-c2ccccc2)cs1)N1CCCC1. The first-order valence-electron chi connectivity index (χ1n) is 8.73. The average molecular weight is 343 g/mol. The highest BCUT2D eigenvalue weighted by molar-refractivity contribution is 7.09. The van der Waals surface area contributed by atoms with Gasteiger partial charge in [0.05, 0.1) is 10.7 Å². The molecule has 1 aromatic heterocycles. The number of hydrogen-bond donors (Lipinski definition) is 1. The summed E-state index contributed by atoms with van der Waals surface area (Å²) in [4.78, 5) is 19.2. The van der Waals surface area contributed by atoms with E-state index in [-0.39, 0.29) is 5.91 Å². The minimum absolute atomic E-state index is 0.123. The summed E-state index contributed by atoms with van der Waals surface area (Å²) in [7, 11) is 0. The van der Waals surface area contributed by atoms with Gasteiger partial charge in [0.25, 0.3) is 0 Å². The molecule has 0 bridgehead atoms. The predicted octanol–water partition coefficient (Wildman–Crippen LogP) is 3.34. The Hall–Kier alpha value is -1.72. The molecule has 24 heavy (non-hydrogen) atoms. The summed E-state index contributed by atoms with van der Waals surface area (Å²) in [5.41, 5.74) is 2.13. The number of thiazole rings is 1. The molecule has 2 heterocycles. The molecule has 0 spiro atoms. The van der Waals surface area contributed by atoms with E-state index in [9.17, 15) is 4.79 Å². The fourth-order valence-corrected chi connectivity index (χ4v) is 3.86. The zero-order chi connectivity index (χ0) is 16.8. The largest absolute Gasteiger partial charge is 0.355 e. The molecule has 1 saturated heterocycles. The smallest absolute Gasteiger partial charge is 0.220 e. The van der Waals surface area contributed by atoms with Crippen LogP contribution in [-0.4, -0.2) is 41.5 Å². The second-order valence-corrected chi connectivity index (χ2v) is 7.33. The van der Waals surface area contributed by atoms with Crippen LogP contribution in [0.5, 0.6) is 0 Å². The van der Waals surface area contributed by atoms with Gasteiger partial charge in [-0.2, -0.15) is 0 Å². The number of aryl methyl sites for hydroxylation is 1. The molecule has 1 aromatic carbocycles. The van der Waals surface area contributed by atoms with Crippen LogP contribution in [0.25, 0.3) is 11.3 Å². The van der Waals surface area contributed by atoms with Gasteiger partial charge in [0, 0.05) is 36.4 Å². The van der Waals surface area contributed by atoms with Gasteiger partial charge in [0.2, 0.25) is 5.91 Å². The summed E-state index contributed by atoms with van der Waals surface area (Å²) in [6, 6.07) is 10.6. The van der Waals surface area contributed by atoms with Crippen molar-refractivity contribution in [2.75, 3.05) is 19.6 Å². The summed E-state index contributed by atoms with van der Waals surface area (Å²) in [6.07, 6.45) is 3.79. The van der Waals surface area contributed by atoms with Crippen molar-refractivity contribution in [3.63, 3.8) is 0 Å². The van der Waals surface area contributed by atoms with E-state index in [2.05, 4.69) is 39.6 Å². The van der Waals surface area contributed by atoms with Gasteiger partial charge in [-0.05, 0) is 32.9 Å². The number of aromatic nitrogens is 1. The van der Waals surface area contributed by atoms with Gasteiger partial charge in [-0.3, -0.25) is 9.69 Å². The molecule has 1 unspecified atom stereocenters. The zero-order valence-corrected chi connectivity index (χ0v) is 15.0. The number of likely N-dealkylation sites (tertiary alicyclic amines) is 1. The third kappa shape index (κ3) is 4.65. The van der Waals surface area contributed by atoms with E-state index in [1.54, 1.807) is 11.3 Å². The van der Waals surface area contributed by atoms with E-state index in [0.29, 0.717) is 18.9 Å². The molecule has 1 aliphatic rings. The number of nitrogens with one attached hydrogen (secondary N) is 1. The first-order valence-corrected chi connectivity index (χ1v) is 9.61. The highest BCUT2D eigenvalue weighted by Crippen LogP contribution is 2.22. The molecule has 1 atom stereocenters. The lowest BCUT2D eigenvalue weighted by Crippen LogP contribution is -2.40. The maximum atomic E-state index is 12.1. The van der Waals surface area contributed by atoms with E-state index >= 15 is 0 Å². The number of rotatable bonds is 7. The summed E-state index contributed by atoms with van der Waals surface area (Å²) >= 11 is 1.63. The number of amides is 1. The van der Waals surface area contributed by atoms with E-state index in [1.807, 2.05) is 18.2 Å². The number of benzene rings is 1. The molecule has 0 radical (unpaired) electrons. The lowest BCUT2D eigenvalue weighted by molar-refractivity contribution is -0.121. The fraction of sp³-hybridized carbons (Fsp3) is 0.474. The normalized spacial score (nSPS) is 16.2. The van der Waals surface area contributed by atoms with Crippen molar-refractivity contribution < 1.29 is 4.79 Å². The Bertz CT molecular complexity index is 650. The molecule has 1 aliphatic heterocycles. The first kappa shape index (κ1) is 17.1. The van der Waals surface area contributed by atoms with Crippen LogP contribution >= 0.6 is 11.3 Å². The van der Waals surface area contributed by atoms with Crippen LogP contribution in [0.2, 0.25) is 0 Å². The van der Waals surface area contributed by atoms with Crippen molar-refractivity contribution in [1.29, 1.82) is 0 Å². The van der Waals surface area contributed by atoms with Crippen LogP contribution in [0.4, 0.5) is 0 Å². The highest BCUT2D eigenvalue weighted by Gasteiger charge is 2.18. The van der Waals surface area contributed by atoms with Gasteiger partial charge in [0.1, 0.15) is 0 Å². The van der Waals surface area contributed by atoms with Crippen molar-refractivity contribution in [3.05, 3.63) is 40.7 Å². The Morgan fingerprint density at radius 3 is 2.79 bits per heavy atom. The van der Waals surface area contributed by atoms with Crippen LogP contribution < -0.4 is 5.32 Å². The minimum Gasteiger partial charge on any atom is -0.355 e. The zero-order valence-electron chi connectivity index (χ0n) is 14.2. The quantitative estimate of drug-likeness (QED) is 0.838. The van der Waals surface area contributed by atoms with Crippen molar-refractivity contribution >= 4 is 17.2 Å². The second-order valence-electron chi connectivity index (χ2n) is 6.39. The predicted molar refractivity (Wildman–Crippen MR) is 99.1 cm³/mol. The molecular formula is C19H25N3OS. The van der Waals surface area contributed by atoms with E-state index in [0.717, 1.165) is 22.8 Å². The summed E-state index contributed by atoms with van der Waals surface area (Å²) in [5.74, 6) is 0.123. The Balaban J connectivity index is 1.42. The Morgan fingerprint density at radius 1 is 1.29 bits per heavy atom. The Labute approximate surface area is 147 Å². The molecule has 0 saturated carbocycles. The molecule has 5 heteroatoms. The van der Waals surface area contributed by atoms with E-state index in [4.69, 9.17) is 0 Å². The van der Waals surface area contributed by atoms with Crippen LogP contribution in [-0.2, 0) is 11.2 Å². The first-order chi connectivity index (χ1) is 11.7. The van der Waals surface area contributed by atoms with Crippen LogP contribution in [0, 0.1) is 0 Å². The van der Waals surface area contributed by atoms with Crippen molar-refractivity contribution in [2.45, 2.75) is 38.6 Å². The third-order valence-electron chi connectivity index (χ3n) is 4.55. The van der Waals surface area contributed by atoms with Crippen LogP contribution in [0.15, 0.2) is 35.7 Å². The van der Waals surface area contributed by atoms with Crippen molar-refractivity contribution in [2.24, 2.45) is 0 Å². The molecule has 0 aliphatic carbocycles. The van der Waals surface area contributed by atoms with Crippen molar-refractivity contribution in [3.8, 4) is 11.3 Å². The molecule has 1 amide bonds. The third-order valence-corrected chi connectivity index (χ3v) is 5.45. The van der Waals surface area contributed by atoms with E-state index in [1.165, 1.54) is 25.9 Å². The molecule has 128 valence electrons. The highest BCUT2D eigenvalue weighted by atomic mass is 32.1. The van der Waals surface area contributed by atoms with Crippen LogP contribution in [0.3, 0.4) is 0 Å². The maximum absolute atomic E-state index is 12.1.